The molecule has 0 spiro atoms. The van der Waals surface area contributed by atoms with Gasteiger partial charge in [-0.05, 0) is 27.2 Å². The van der Waals surface area contributed by atoms with Crippen LogP contribution in [0.4, 0.5) is 0 Å². The largest absolute Gasteiger partial charge is 0.383 e. The zero-order valence-electron chi connectivity index (χ0n) is 10.9. The van der Waals surface area contributed by atoms with E-state index in [0.717, 1.165) is 26.2 Å². The molecule has 0 radical (unpaired) electrons. The summed E-state index contributed by atoms with van der Waals surface area (Å²) in [6.07, 6.45) is 2.34. The molecule has 0 heterocycles. The maximum Gasteiger partial charge on any atom is 0.0615 e. The second-order valence-corrected chi connectivity index (χ2v) is 4.86. The highest BCUT2D eigenvalue weighted by Gasteiger charge is 2.10. The van der Waals surface area contributed by atoms with Gasteiger partial charge in [-0.25, -0.2) is 0 Å². The molecule has 3 heteroatoms. The molecule has 3 nitrogen and oxygen atoms in total. The topological polar surface area (TPSA) is 30.5 Å². The lowest BCUT2D eigenvalue weighted by Gasteiger charge is -2.22. The summed E-state index contributed by atoms with van der Waals surface area (Å²) < 4.78 is 10.8. The molecule has 15 heavy (non-hydrogen) atoms. The fourth-order valence-corrected chi connectivity index (χ4v) is 1.41. The molecule has 0 aromatic rings. The summed E-state index contributed by atoms with van der Waals surface area (Å²) in [4.78, 5) is 0. The SMILES string of the molecule is CCCC(COC)NCCOC(C)(C)C. The zero-order chi connectivity index (χ0) is 11.7. The maximum atomic E-state index is 5.63. The van der Waals surface area contributed by atoms with Gasteiger partial charge >= 0.3 is 0 Å². The molecule has 0 aromatic carbocycles. The summed E-state index contributed by atoms with van der Waals surface area (Å²) in [7, 11) is 1.75. The van der Waals surface area contributed by atoms with E-state index in [0.29, 0.717) is 6.04 Å². The Morgan fingerprint density at radius 1 is 1.27 bits per heavy atom. The van der Waals surface area contributed by atoms with Crippen molar-refractivity contribution in [1.29, 1.82) is 0 Å². The van der Waals surface area contributed by atoms with Crippen molar-refractivity contribution in [2.24, 2.45) is 0 Å². The first-order valence-corrected chi connectivity index (χ1v) is 5.86. The molecule has 0 fully saturated rings. The molecule has 0 saturated heterocycles. The molecule has 0 saturated carbocycles. The minimum absolute atomic E-state index is 0.0385. The fraction of sp³-hybridized carbons (Fsp3) is 1.00. The fourth-order valence-electron chi connectivity index (χ4n) is 1.41. The van der Waals surface area contributed by atoms with Crippen LogP contribution in [0.3, 0.4) is 0 Å². The van der Waals surface area contributed by atoms with Crippen LogP contribution in [0.15, 0.2) is 0 Å². The van der Waals surface area contributed by atoms with E-state index >= 15 is 0 Å². The number of methoxy groups -OCH3 is 1. The summed E-state index contributed by atoms with van der Waals surface area (Å²) in [5.74, 6) is 0. The number of rotatable bonds is 8. The van der Waals surface area contributed by atoms with Gasteiger partial charge < -0.3 is 14.8 Å². The highest BCUT2D eigenvalue weighted by molar-refractivity contribution is 4.66. The van der Waals surface area contributed by atoms with Crippen LogP contribution in [0.5, 0.6) is 0 Å². The predicted octanol–water partition coefficient (Wildman–Crippen LogP) is 2.21. The molecular formula is C12H27NO2. The van der Waals surface area contributed by atoms with Gasteiger partial charge in [0.25, 0.3) is 0 Å². The molecule has 0 aliphatic rings. The normalized spacial score (nSPS) is 14.2. The molecule has 1 unspecified atom stereocenters. The van der Waals surface area contributed by atoms with Gasteiger partial charge in [-0.15, -0.1) is 0 Å². The van der Waals surface area contributed by atoms with Crippen molar-refractivity contribution in [2.45, 2.75) is 52.2 Å². The first kappa shape index (κ1) is 14.9. The van der Waals surface area contributed by atoms with Crippen molar-refractivity contribution in [2.75, 3.05) is 26.9 Å². The number of hydrogen-bond donors (Lipinski definition) is 1. The zero-order valence-corrected chi connectivity index (χ0v) is 10.9. The van der Waals surface area contributed by atoms with Crippen LogP contribution in [0, 0.1) is 0 Å². The Balaban J connectivity index is 3.52. The molecule has 0 aliphatic heterocycles. The van der Waals surface area contributed by atoms with Crippen molar-refractivity contribution in [3.8, 4) is 0 Å². The minimum atomic E-state index is -0.0385. The van der Waals surface area contributed by atoms with Crippen LogP contribution < -0.4 is 5.32 Å². The average Bonchev–Trinajstić information content (AvgIpc) is 2.11. The Hall–Kier alpha value is -0.120. The number of ether oxygens (including phenoxy) is 2. The Labute approximate surface area is 94.5 Å². The van der Waals surface area contributed by atoms with Crippen molar-refractivity contribution >= 4 is 0 Å². The highest BCUT2D eigenvalue weighted by Crippen LogP contribution is 2.05. The van der Waals surface area contributed by atoms with E-state index in [1.54, 1.807) is 7.11 Å². The molecule has 0 aliphatic carbocycles. The molecule has 0 rings (SSSR count). The molecule has 0 amide bonds. The molecule has 1 N–H and O–H groups in total. The van der Waals surface area contributed by atoms with Crippen LogP contribution in [-0.2, 0) is 9.47 Å². The lowest BCUT2D eigenvalue weighted by atomic mass is 10.2. The van der Waals surface area contributed by atoms with Crippen molar-refractivity contribution in [3.05, 3.63) is 0 Å². The maximum absolute atomic E-state index is 5.63. The van der Waals surface area contributed by atoms with Crippen molar-refractivity contribution in [3.63, 3.8) is 0 Å². The van der Waals surface area contributed by atoms with Gasteiger partial charge in [0.05, 0.1) is 18.8 Å². The smallest absolute Gasteiger partial charge is 0.0615 e. The van der Waals surface area contributed by atoms with E-state index in [4.69, 9.17) is 9.47 Å². The molecule has 0 bridgehead atoms. The lowest BCUT2D eigenvalue weighted by Crippen LogP contribution is -2.36. The van der Waals surface area contributed by atoms with Crippen LogP contribution >= 0.6 is 0 Å². The monoisotopic (exact) mass is 217 g/mol. The van der Waals surface area contributed by atoms with Gasteiger partial charge in [0.1, 0.15) is 0 Å². The van der Waals surface area contributed by atoms with E-state index < -0.39 is 0 Å². The minimum Gasteiger partial charge on any atom is -0.383 e. The van der Waals surface area contributed by atoms with E-state index in [1.165, 1.54) is 6.42 Å². The first-order valence-electron chi connectivity index (χ1n) is 5.86. The van der Waals surface area contributed by atoms with E-state index in [1.807, 2.05) is 0 Å². The molecule has 92 valence electrons. The van der Waals surface area contributed by atoms with E-state index in [-0.39, 0.29) is 5.60 Å². The summed E-state index contributed by atoms with van der Waals surface area (Å²) in [5, 5.41) is 3.44. The van der Waals surface area contributed by atoms with Crippen LogP contribution in [0.2, 0.25) is 0 Å². The second kappa shape index (κ2) is 8.08. The average molecular weight is 217 g/mol. The Kier molecular flexibility index (Phi) is 8.02. The van der Waals surface area contributed by atoms with Gasteiger partial charge in [0.15, 0.2) is 0 Å². The van der Waals surface area contributed by atoms with Crippen molar-refractivity contribution in [1.82, 2.24) is 5.32 Å². The molecule has 0 aromatic heterocycles. The first-order chi connectivity index (χ1) is 6.99. The standard InChI is InChI=1S/C12H27NO2/c1-6-7-11(10-14-5)13-8-9-15-12(2,3)4/h11,13H,6-10H2,1-5H3. The van der Waals surface area contributed by atoms with Gasteiger partial charge in [-0.2, -0.15) is 0 Å². The van der Waals surface area contributed by atoms with Crippen molar-refractivity contribution < 1.29 is 9.47 Å². The number of nitrogens with one attached hydrogen (secondary N) is 1. The van der Waals surface area contributed by atoms with Gasteiger partial charge in [-0.1, -0.05) is 13.3 Å². The lowest BCUT2D eigenvalue weighted by molar-refractivity contribution is -0.00259. The van der Waals surface area contributed by atoms with Gasteiger partial charge in [0.2, 0.25) is 0 Å². The highest BCUT2D eigenvalue weighted by atomic mass is 16.5. The summed E-state index contributed by atoms with van der Waals surface area (Å²) in [6.45, 7) is 10.8. The van der Waals surface area contributed by atoms with Crippen LogP contribution in [-0.4, -0.2) is 38.5 Å². The quantitative estimate of drug-likeness (QED) is 0.632. The molecule has 1 atom stereocenters. The van der Waals surface area contributed by atoms with Gasteiger partial charge in [0, 0.05) is 19.7 Å². The summed E-state index contributed by atoms with van der Waals surface area (Å²) >= 11 is 0. The van der Waals surface area contributed by atoms with E-state index in [9.17, 15) is 0 Å². The summed E-state index contributed by atoms with van der Waals surface area (Å²) in [6, 6.07) is 0.462. The predicted molar refractivity (Wildman–Crippen MR) is 64.3 cm³/mol. The third-order valence-electron chi connectivity index (χ3n) is 2.08. The molecular weight excluding hydrogens is 190 g/mol. The number of hydrogen-bond acceptors (Lipinski definition) is 3. The summed E-state index contributed by atoms with van der Waals surface area (Å²) in [5.41, 5.74) is -0.0385. The third-order valence-corrected chi connectivity index (χ3v) is 2.08. The Morgan fingerprint density at radius 2 is 1.93 bits per heavy atom. The van der Waals surface area contributed by atoms with Crippen LogP contribution in [0.1, 0.15) is 40.5 Å². The second-order valence-electron chi connectivity index (χ2n) is 4.86. The van der Waals surface area contributed by atoms with Gasteiger partial charge in [-0.3, -0.25) is 0 Å². The van der Waals surface area contributed by atoms with E-state index in [2.05, 4.69) is 33.0 Å². The third kappa shape index (κ3) is 10.2. The van der Waals surface area contributed by atoms with Crippen LogP contribution in [0.25, 0.3) is 0 Å². The Bertz CT molecular complexity index is 137. The Morgan fingerprint density at radius 3 is 2.40 bits per heavy atom.